The molecule has 1 fully saturated rings. The minimum atomic E-state index is 0.397. The van der Waals surface area contributed by atoms with Crippen LogP contribution in [0.5, 0.6) is 0 Å². The van der Waals surface area contributed by atoms with E-state index in [1.54, 1.807) is 6.08 Å². The summed E-state index contributed by atoms with van der Waals surface area (Å²) in [5.41, 5.74) is 11.9. The maximum atomic E-state index is 8.57. The first-order chi connectivity index (χ1) is 13.1. The Balaban J connectivity index is 1.59. The van der Waals surface area contributed by atoms with E-state index in [-0.39, 0.29) is 0 Å². The fourth-order valence-corrected chi connectivity index (χ4v) is 3.51. The van der Waals surface area contributed by atoms with Crippen molar-refractivity contribution in [2.75, 3.05) is 32.0 Å². The molecule has 5 nitrogen and oxygen atoms in total. The fourth-order valence-electron chi connectivity index (χ4n) is 3.51. The molecule has 0 saturated carbocycles. The van der Waals surface area contributed by atoms with Gasteiger partial charge < -0.3 is 15.5 Å². The van der Waals surface area contributed by atoms with E-state index in [4.69, 9.17) is 15.9 Å². The van der Waals surface area contributed by atoms with Crippen LogP contribution in [0.25, 0.3) is 17.0 Å². The number of hydrogen-bond acceptors (Lipinski definition) is 4. The van der Waals surface area contributed by atoms with Gasteiger partial charge in [-0.15, -0.1) is 0 Å². The monoisotopic (exact) mass is 360 g/mol. The lowest BCUT2D eigenvalue weighted by molar-refractivity contribution is 0.0342. The summed E-state index contributed by atoms with van der Waals surface area (Å²) < 4.78 is 5.42. The number of nitrogens with zero attached hydrogens (tertiary/aromatic N) is 1. The van der Waals surface area contributed by atoms with Crippen LogP contribution >= 0.6 is 0 Å². The average molecular weight is 360 g/mol. The number of ether oxygens (including phenoxy) is 1. The number of nitrogens with two attached hydrogens (primary N) is 1. The van der Waals surface area contributed by atoms with Gasteiger partial charge in [-0.1, -0.05) is 30.9 Å². The number of hydrogen-bond donors (Lipinski definition) is 3. The third-order valence-corrected chi connectivity index (χ3v) is 5.05. The van der Waals surface area contributed by atoms with Crippen LogP contribution < -0.4 is 5.73 Å². The molecule has 0 bridgehead atoms. The van der Waals surface area contributed by atoms with Gasteiger partial charge >= 0.3 is 0 Å². The van der Waals surface area contributed by atoms with Gasteiger partial charge in [0.05, 0.1) is 24.6 Å². The first-order valence-corrected chi connectivity index (χ1v) is 9.17. The molecule has 0 amide bonds. The summed E-state index contributed by atoms with van der Waals surface area (Å²) in [5.74, 6) is 0. The number of aromatic nitrogens is 1. The number of anilines is 1. The predicted molar refractivity (Wildman–Crippen MR) is 111 cm³/mol. The number of fused-ring (bicyclic) bond motifs is 1. The smallest absolute Gasteiger partial charge is 0.0867 e. The molecule has 2 aromatic carbocycles. The van der Waals surface area contributed by atoms with E-state index in [1.807, 2.05) is 24.3 Å². The summed E-state index contributed by atoms with van der Waals surface area (Å²) in [6, 6.07) is 14.1. The van der Waals surface area contributed by atoms with Gasteiger partial charge in [0, 0.05) is 41.8 Å². The van der Waals surface area contributed by atoms with Crippen molar-refractivity contribution in [2.24, 2.45) is 0 Å². The zero-order valence-electron chi connectivity index (χ0n) is 15.3. The largest absolute Gasteiger partial charge is 0.398 e. The summed E-state index contributed by atoms with van der Waals surface area (Å²) in [4.78, 5) is 5.75. The molecule has 0 unspecified atom stereocenters. The lowest BCUT2D eigenvalue weighted by atomic mass is 10.0. The van der Waals surface area contributed by atoms with E-state index >= 15 is 0 Å². The highest BCUT2D eigenvalue weighted by atomic mass is 16.5. The second-order valence-corrected chi connectivity index (χ2v) is 6.92. The zero-order valence-corrected chi connectivity index (χ0v) is 15.3. The van der Waals surface area contributed by atoms with Crippen LogP contribution in [0.4, 0.5) is 5.69 Å². The zero-order chi connectivity index (χ0) is 18.8. The number of rotatable bonds is 5. The van der Waals surface area contributed by atoms with Crippen LogP contribution in [0.1, 0.15) is 22.4 Å². The van der Waals surface area contributed by atoms with Crippen molar-refractivity contribution in [3.8, 4) is 0 Å². The molecule has 1 aliphatic rings. The van der Waals surface area contributed by atoms with Crippen LogP contribution in [-0.2, 0) is 11.3 Å². The lowest BCUT2D eigenvalue weighted by Crippen LogP contribution is -2.35. The third-order valence-electron chi connectivity index (χ3n) is 5.05. The first-order valence-electron chi connectivity index (χ1n) is 9.17. The van der Waals surface area contributed by atoms with E-state index in [9.17, 15) is 0 Å². The number of H-pyrrole nitrogens is 1. The SMILES string of the molecule is C=Cc1ccc(C(=N)c2cc3cc(CN4CCOCC4)ccc3[nH]2)c(N)c1. The Labute approximate surface area is 159 Å². The van der Waals surface area contributed by atoms with E-state index < -0.39 is 0 Å². The van der Waals surface area contributed by atoms with E-state index in [0.717, 1.165) is 60.6 Å². The van der Waals surface area contributed by atoms with Gasteiger partial charge in [-0.3, -0.25) is 10.3 Å². The van der Waals surface area contributed by atoms with Crippen molar-refractivity contribution in [2.45, 2.75) is 6.54 Å². The number of aromatic amines is 1. The van der Waals surface area contributed by atoms with E-state index in [2.05, 4.69) is 34.7 Å². The summed E-state index contributed by atoms with van der Waals surface area (Å²) in [5, 5.41) is 9.68. The Kier molecular flexibility index (Phi) is 4.79. The molecule has 1 saturated heterocycles. The van der Waals surface area contributed by atoms with Crippen LogP contribution in [0.2, 0.25) is 0 Å². The Morgan fingerprint density at radius 1 is 1.19 bits per heavy atom. The van der Waals surface area contributed by atoms with Crippen LogP contribution in [0, 0.1) is 5.41 Å². The molecular formula is C22H24N4O. The normalized spacial score (nSPS) is 15.1. The van der Waals surface area contributed by atoms with Gasteiger partial charge in [-0.05, 0) is 35.4 Å². The predicted octanol–water partition coefficient (Wildman–Crippen LogP) is 3.64. The third kappa shape index (κ3) is 3.65. The minimum absolute atomic E-state index is 0.397. The molecule has 1 aliphatic heterocycles. The first kappa shape index (κ1) is 17.5. The van der Waals surface area contributed by atoms with Gasteiger partial charge in [0.15, 0.2) is 0 Å². The Hall–Kier alpha value is -2.89. The summed E-state index contributed by atoms with van der Waals surface area (Å²) in [6.45, 7) is 8.24. The highest BCUT2D eigenvalue weighted by Crippen LogP contribution is 2.23. The van der Waals surface area contributed by atoms with Crippen LogP contribution in [0.3, 0.4) is 0 Å². The summed E-state index contributed by atoms with van der Waals surface area (Å²) in [6.07, 6.45) is 1.75. The second-order valence-electron chi connectivity index (χ2n) is 6.92. The van der Waals surface area contributed by atoms with Crippen molar-refractivity contribution in [3.63, 3.8) is 0 Å². The van der Waals surface area contributed by atoms with Gasteiger partial charge in [-0.2, -0.15) is 0 Å². The highest BCUT2D eigenvalue weighted by molar-refractivity contribution is 6.14. The van der Waals surface area contributed by atoms with Crippen LogP contribution in [-0.4, -0.2) is 41.9 Å². The molecular weight excluding hydrogens is 336 g/mol. The standard InChI is InChI=1S/C22H24N4O/c1-2-15-3-5-18(19(23)12-15)22(24)21-13-17-11-16(4-6-20(17)25-21)14-26-7-9-27-10-8-26/h2-6,11-13,24-25H,1,7-10,14,23H2. The number of morpholine rings is 1. The molecule has 0 atom stereocenters. The molecule has 0 aliphatic carbocycles. The quantitative estimate of drug-likeness (QED) is 0.480. The van der Waals surface area contributed by atoms with Crippen molar-refractivity contribution in [1.29, 1.82) is 5.41 Å². The van der Waals surface area contributed by atoms with E-state index in [0.29, 0.717) is 11.4 Å². The van der Waals surface area contributed by atoms with Gasteiger partial charge in [0.1, 0.15) is 0 Å². The van der Waals surface area contributed by atoms with E-state index in [1.165, 1.54) is 5.56 Å². The number of benzene rings is 2. The molecule has 0 radical (unpaired) electrons. The molecule has 3 aromatic rings. The molecule has 4 rings (SSSR count). The topological polar surface area (TPSA) is 78.1 Å². The highest BCUT2D eigenvalue weighted by Gasteiger charge is 2.14. The van der Waals surface area contributed by atoms with Crippen molar-refractivity contribution in [1.82, 2.24) is 9.88 Å². The number of nitrogen functional groups attached to an aromatic ring is 1. The maximum Gasteiger partial charge on any atom is 0.0867 e. The summed E-state index contributed by atoms with van der Waals surface area (Å²) in [7, 11) is 0. The van der Waals surface area contributed by atoms with Crippen molar-refractivity contribution in [3.05, 3.63) is 71.4 Å². The molecule has 4 N–H and O–H groups in total. The molecule has 1 aromatic heterocycles. The van der Waals surface area contributed by atoms with Crippen molar-refractivity contribution < 1.29 is 4.74 Å². The lowest BCUT2D eigenvalue weighted by Gasteiger charge is -2.26. The van der Waals surface area contributed by atoms with Gasteiger partial charge in [0.2, 0.25) is 0 Å². The second kappa shape index (κ2) is 7.39. The molecule has 2 heterocycles. The Morgan fingerprint density at radius 3 is 2.74 bits per heavy atom. The molecule has 27 heavy (non-hydrogen) atoms. The maximum absolute atomic E-state index is 8.57. The summed E-state index contributed by atoms with van der Waals surface area (Å²) >= 11 is 0. The van der Waals surface area contributed by atoms with Gasteiger partial charge in [-0.25, -0.2) is 0 Å². The average Bonchev–Trinajstić information content (AvgIpc) is 3.11. The molecule has 5 heteroatoms. The van der Waals surface area contributed by atoms with Gasteiger partial charge in [0.25, 0.3) is 0 Å². The minimum Gasteiger partial charge on any atom is -0.398 e. The Morgan fingerprint density at radius 2 is 2.00 bits per heavy atom. The van der Waals surface area contributed by atoms with Crippen molar-refractivity contribution >= 4 is 28.4 Å². The van der Waals surface area contributed by atoms with Crippen LogP contribution in [0.15, 0.2) is 49.0 Å². The number of nitrogens with one attached hydrogen (secondary N) is 2. The fraction of sp³-hybridized carbons (Fsp3) is 0.227. The molecule has 138 valence electrons. The Bertz CT molecular complexity index is 999. The molecule has 0 spiro atoms.